The van der Waals surface area contributed by atoms with Gasteiger partial charge in [0.15, 0.2) is 0 Å². The van der Waals surface area contributed by atoms with Crippen LogP contribution in [-0.4, -0.2) is 0 Å². The van der Waals surface area contributed by atoms with Crippen LogP contribution in [0.3, 0.4) is 0 Å². The zero-order valence-electron chi connectivity index (χ0n) is 73.9. The van der Waals surface area contributed by atoms with Gasteiger partial charge < -0.3 is 18.6 Å². The number of furan rings is 2. The minimum atomic E-state index is -0.562. The molecule has 0 amide bonds. The summed E-state index contributed by atoms with van der Waals surface area (Å²) >= 11 is 0. The molecule has 4 heteroatoms. The molecule has 25 aromatic rings. The quantitative estimate of drug-likeness (QED) is 0.122. The van der Waals surface area contributed by atoms with E-state index < -0.39 is 10.8 Å². The third-order valence-corrected chi connectivity index (χ3v) is 30.2. The second kappa shape index (κ2) is 29.4. The number of hydrogen-bond donors (Lipinski definition) is 0. The lowest BCUT2D eigenvalue weighted by Gasteiger charge is -2.33. The Labute approximate surface area is 786 Å². The Bertz CT molecular complexity index is 9290. The van der Waals surface area contributed by atoms with E-state index in [0.29, 0.717) is 0 Å². The van der Waals surface area contributed by atoms with Gasteiger partial charge in [-0.05, 0) is 297 Å². The van der Waals surface area contributed by atoms with Crippen LogP contribution < -0.4 is 9.80 Å². The highest BCUT2D eigenvalue weighted by atomic mass is 16.3. The Hall–Kier alpha value is -17.7. The first-order valence-corrected chi connectivity index (χ1v) is 47.1. The van der Waals surface area contributed by atoms with Crippen LogP contribution in [0.4, 0.5) is 34.1 Å². The molecule has 136 heavy (non-hydrogen) atoms. The van der Waals surface area contributed by atoms with Gasteiger partial charge in [0, 0.05) is 55.4 Å². The molecule has 4 aliphatic carbocycles. The second-order valence-electron chi connectivity index (χ2n) is 37.0. The maximum absolute atomic E-state index is 7.12. The maximum Gasteiger partial charge on any atom is 0.136 e. The van der Waals surface area contributed by atoms with Gasteiger partial charge in [0.1, 0.15) is 22.3 Å². The van der Waals surface area contributed by atoms with Gasteiger partial charge in [0.2, 0.25) is 0 Å². The van der Waals surface area contributed by atoms with Crippen molar-refractivity contribution in [1.82, 2.24) is 0 Å². The summed E-state index contributed by atoms with van der Waals surface area (Å²) in [5, 5.41) is 13.6. The number of nitrogens with zero attached hydrogens (tertiary/aromatic N) is 2. The lowest BCUT2D eigenvalue weighted by molar-refractivity contribution is 0.669. The molecule has 0 aliphatic heterocycles. The largest absolute Gasteiger partial charge is 0.456 e. The van der Waals surface area contributed by atoms with Crippen LogP contribution in [0.25, 0.3) is 198 Å². The third-order valence-electron chi connectivity index (χ3n) is 30.2. The predicted molar refractivity (Wildman–Crippen MR) is 566 cm³/mol. The third kappa shape index (κ3) is 11.0. The molecule has 0 saturated heterocycles. The summed E-state index contributed by atoms with van der Waals surface area (Å²) in [6.07, 6.45) is 0. The van der Waals surface area contributed by atoms with E-state index in [4.69, 9.17) is 8.83 Å². The minimum absolute atomic E-state index is 0.554. The van der Waals surface area contributed by atoms with Crippen molar-refractivity contribution in [2.45, 2.75) is 10.8 Å². The highest BCUT2D eigenvalue weighted by molar-refractivity contribution is 6.20. The topological polar surface area (TPSA) is 32.8 Å². The van der Waals surface area contributed by atoms with E-state index in [-0.39, 0.29) is 0 Å². The van der Waals surface area contributed by atoms with Gasteiger partial charge in [0.05, 0.1) is 22.2 Å². The molecule has 0 radical (unpaired) electrons. The van der Waals surface area contributed by atoms with Crippen LogP contribution in [-0.2, 0) is 10.8 Å². The summed E-state index contributed by atoms with van der Waals surface area (Å²) in [6, 6.07) is 182. The molecule has 0 saturated carbocycles. The van der Waals surface area contributed by atoms with Crippen LogP contribution >= 0.6 is 0 Å². The Morgan fingerprint density at radius 2 is 0.471 bits per heavy atom. The molecule has 0 atom stereocenters. The van der Waals surface area contributed by atoms with Crippen LogP contribution in [0.15, 0.2) is 494 Å². The van der Waals surface area contributed by atoms with Gasteiger partial charge in [-0.15, -0.1) is 0 Å². The fourth-order valence-corrected chi connectivity index (χ4v) is 24.5. The molecule has 4 aliphatic rings. The standard InChI is InChI=1S/C132H80N2O2/c1-2-30-85-77-127-113(75-84(85)29-1)129-112(49-27-58-125(129)135-127)110-46-14-22-57-124(110)134(94-67-69-108-106-44-12-20-55-120(106)132(122(108)80-94)117-52-17-9-41-103(117)104-42-10-18-53-118(104)132)92-35-24-34-88(74-92)97-70-71-98(100-38-6-5-37-99(97)100)89-61-60-86-78-128-114(76-90(86)73-89)130-111(48-26-59-126(130)136-128)109-45-13-21-56-123(109)133(91-64-62-81(63-65-91)83-32-23-33-87(72-83)96-47-25-31-82-28-3-4-36-95(82)96)93-66-68-107-105-43-11-19-54-119(105)131(121(107)79-93)115-50-15-7-39-101(115)102-40-8-16-51-116(102)131/h1-80H. The molecule has 29 rings (SSSR count). The van der Waals surface area contributed by atoms with Crippen molar-refractivity contribution in [2.24, 2.45) is 0 Å². The van der Waals surface area contributed by atoms with Gasteiger partial charge in [-0.2, -0.15) is 0 Å². The highest BCUT2D eigenvalue weighted by Crippen LogP contribution is 2.66. The molecule has 2 spiro atoms. The molecule has 0 unspecified atom stereocenters. The summed E-state index contributed by atoms with van der Waals surface area (Å²) in [7, 11) is 0. The van der Waals surface area contributed by atoms with Crippen LogP contribution in [0, 0.1) is 0 Å². The van der Waals surface area contributed by atoms with Crippen molar-refractivity contribution in [3.63, 3.8) is 0 Å². The first-order valence-electron chi connectivity index (χ1n) is 47.1. The summed E-state index contributed by atoms with van der Waals surface area (Å²) in [4.78, 5) is 5.02. The molecule has 0 N–H and O–H groups in total. The van der Waals surface area contributed by atoms with Crippen LogP contribution in [0.2, 0.25) is 0 Å². The average molecular weight is 1730 g/mol. The highest BCUT2D eigenvalue weighted by Gasteiger charge is 2.54. The minimum Gasteiger partial charge on any atom is -0.456 e. The number of anilines is 6. The van der Waals surface area contributed by atoms with E-state index in [9.17, 15) is 0 Å². The van der Waals surface area contributed by atoms with Gasteiger partial charge >= 0.3 is 0 Å². The molecule has 4 nitrogen and oxygen atoms in total. The molecule has 0 bridgehead atoms. The molecular weight excluding hydrogens is 1650 g/mol. The first kappa shape index (κ1) is 76.0. The Morgan fingerprint density at radius 3 is 0.985 bits per heavy atom. The van der Waals surface area contributed by atoms with Crippen molar-refractivity contribution in [3.05, 3.63) is 530 Å². The van der Waals surface area contributed by atoms with E-state index in [1.165, 1.54) is 122 Å². The lowest BCUT2D eigenvalue weighted by atomic mass is 9.70. The van der Waals surface area contributed by atoms with Crippen molar-refractivity contribution < 1.29 is 8.83 Å². The van der Waals surface area contributed by atoms with Crippen molar-refractivity contribution in [3.8, 4) is 111 Å². The Morgan fingerprint density at radius 1 is 0.147 bits per heavy atom. The Balaban J connectivity index is 0.565. The zero-order valence-corrected chi connectivity index (χ0v) is 73.9. The maximum atomic E-state index is 7.12. The monoisotopic (exact) mass is 1720 g/mol. The SMILES string of the molecule is c1cc(-c2ccc(N(c3ccc4c(c3)C3(c5ccccc5-c5ccccc53)c3ccccc3-4)c3ccccc3-c3cccc4oc5cc6ccc(-c7ccc(-c8cccc(N(c9ccc%10c(c9)C9(c%11ccccc%11-c%11ccccc%119)c9ccccc9-%10)c9ccccc9-c9cccc%10oc%11cc%12ccccc%12cc%11c9%10)c8)c8ccccc78)cc6cc5c34)cc2)cc(-c2cccc3ccccc23)c1. The van der Waals surface area contributed by atoms with E-state index in [1.54, 1.807) is 0 Å². The van der Waals surface area contributed by atoms with Crippen LogP contribution in [0.5, 0.6) is 0 Å². The first-order chi connectivity index (χ1) is 67.4. The summed E-state index contributed by atoms with van der Waals surface area (Å²) in [5.74, 6) is 0. The van der Waals surface area contributed by atoms with E-state index >= 15 is 0 Å². The summed E-state index contributed by atoms with van der Waals surface area (Å²) in [6.45, 7) is 0. The smallest absolute Gasteiger partial charge is 0.136 e. The van der Waals surface area contributed by atoms with Crippen molar-refractivity contribution in [2.75, 3.05) is 9.80 Å². The lowest BCUT2D eigenvalue weighted by Crippen LogP contribution is -2.26. The van der Waals surface area contributed by atoms with E-state index in [1.807, 2.05) is 0 Å². The van der Waals surface area contributed by atoms with E-state index in [2.05, 4.69) is 495 Å². The van der Waals surface area contributed by atoms with Gasteiger partial charge in [0.25, 0.3) is 0 Å². The fraction of sp³-hybridized carbons (Fsp3) is 0.0152. The van der Waals surface area contributed by atoms with E-state index in [0.717, 1.165) is 155 Å². The van der Waals surface area contributed by atoms with Gasteiger partial charge in [-0.1, -0.05) is 376 Å². The normalized spacial score (nSPS) is 13.1. The number of fused-ring (bicyclic) bond motifs is 30. The molecule has 0 fully saturated rings. The molecule has 2 heterocycles. The number of rotatable bonds is 12. The average Bonchev–Trinajstić information content (AvgIpc) is 1.51. The summed E-state index contributed by atoms with van der Waals surface area (Å²) in [5.41, 5.74) is 42.7. The molecule has 2 aromatic heterocycles. The van der Waals surface area contributed by atoms with Crippen molar-refractivity contribution in [1.29, 1.82) is 0 Å². The number of para-hydroxylation sites is 2. The molecular formula is C132H80N2O2. The molecule has 23 aromatic carbocycles. The van der Waals surface area contributed by atoms with Gasteiger partial charge in [-0.3, -0.25) is 0 Å². The second-order valence-corrected chi connectivity index (χ2v) is 37.0. The number of benzene rings is 23. The fourth-order valence-electron chi connectivity index (χ4n) is 24.5. The van der Waals surface area contributed by atoms with Crippen molar-refractivity contribution >= 4 is 121 Å². The zero-order chi connectivity index (χ0) is 89.0. The summed E-state index contributed by atoms with van der Waals surface area (Å²) < 4.78 is 14.0. The predicted octanol–water partition coefficient (Wildman–Crippen LogP) is 35.7. The number of hydrogen-bond acceptors (Lipinski definition) is 4. The van der Waals surface area contributed by atoms with Gasteiger partial charge in [-0.25, -0.2) is 0 Å². The van der Waals surface area contributed by atoms with Crippen LogP contribution in [0.1, 0.15) is 44.5 Å². The Kier molecular flexibility index (Phi) is 16.4. The molecule has 630 valence electrons.